The standard InChI is InChI=1S/C23H19Cl3N4O3/c1-11-5-17(26)22-27-18(10-30(22)9-11)23-28-21(29-33-23)14-7-16(25)20(8-15(14)24)32-13-3-4-19(31)12(2)6-13/h5,7-10,12-13H,3-4,6H2,1-2H3/t12?,13-/m1/s1/i12D. The van der Waals surface area contributed by atoms with E-state index in [4.69, 9.17) is 45.4 Å². The van der Waals surface area contributed by atoms with Gasteiger partial charge in [0, 0.05) is 37.7 Å². The lowest BCUT2D eigenvalue weighted by Crippen LogP contribution is -2.30. The van der Waals surface area contributed by atoms with Gasteiger partial charge in [-0.3, -0.25) is 4.79 Å². The molecule has 0 saturated heterocycles. The van der Waals surface area contributed by atoms with Gasteiger partial charge in [0.2, 0.25) is 5.82 Å². The van der Waals surface area contributed by atoms with E-state index in [-0.39, 0.29) is 30.0 Å². The van der Waals surface area contributed by atoms with Crippen LogP contribution in [0.2, 0.25) is 15.1 Å². The number of carbonyl (C=O) groups excluding carboxylic acids is 1. The van der Waals surface area contributed by atoms with Crippen LogP contribution in [0.25, 0.3) is 28.6 Å². The molecule has 1 unspecified atom stereocenters. The molecule has 5 rings (SSSR count). The maximum Gasteiger partial charge on any atom is 0.278 e. The van der Waals surface area contributed by atoms with E-state index >= 15 is 0 Å². The summed E-state index contributed by atoms with van der Waals surface area (Å²) in [5, 5.41) is 5.18. The van der Waals surface area contributed by atoms with Gasteiger partial charge in [-0.25, -0.2) is 4.98 Å². The maximum atomic E-state index is 11.9. The molecule has 0 aliphatic heterocycles. The summed E-state index contributed by atoms with van der Waals surface area (Å²) in [7, 11) is 0. The van der Waals surface area contributed by atoms with Gasteiger partial charge in [0.1, 0.15) is 17.2 Å². The largest absolute Gasteiger partial charge is 0.489 e. The van der Waals surface area contributed by atoms with Crippen LogP contribution in [0.1, 0.15) is 33.1 Å². The van der Waals surface area contributed by atoms with E-state index in [0.29, 0.717) is 50.6 Å². The molecule has 33 heavy (non-hydrogen) atoms. The van der Waals surface area contributed by atoms with Crippen LogP contribution in [-0.4, -0.2) is 31.4 Å². The van der Waals surface area contributed by atoms with Crippen LogP contribution in [0.4, 0.5) is 0 Å². The molecule has 3 heterocycles. The fourth-order valence-corrected chi connectivity index (χ4v) is 4.62. The fraction of sp³-hybridized carbons (Fsp3) is 0.304. The van der Waals surface area contributed by atoms with E-state index in [1.165, 1.54) is 0 Å². The highest BCUT2D eigenvalue weighted by molar-refractivity contribution is 6.36. The van der Waals surface area contributed by atoms with Gasteiger partial charge in [-0.05, 0) is 37.5 Å². The molecule has 0 spiro atoms. The third kappa shape index (κ3) is 4.33. The topological polar surface area (TPSA) is 82.5 Å². The van der Waals surface area contributed by atoms with E-state index < -0.39 is 5.89 Å². The average molecular weight is 507 g/mol. The number of nitrogens with zero attached hydrogens (tertiary/aromatic N) is 4. The van der Waals surface area contributed by atoms with Crippen molar-refractivity contribution < 1.29 is 15.4 Å². The van der Waals surface area contributed by atoms with Crippen molar-refractivity contribution in [2.75, 3.05) is 0 Å². The summed E-state index contributed by atoms with van der Waals surface area (Å²) < 4.78 is 21.4. The van der Waals surface area contributed by atoms with Crippen molar-refractivity contribution in [3.63, 3.8) is 0 Å². The number of Topliss-reactive ketones (excluding diaryl/α,β-unsaturated/α-hetero) is 1. The molecule has 1 aliphatic rings. The molecule has 0 radical (unpaired) electrons. The van der Waals surface area contributed by atoms with E-state index in [2.05, 4.69) is 15.1 Å². The second-order valence-electron chi connectivity index (χ2n) is 8.09. The van der Waals surface area contributed by atoms with Gasteiger partial charge < -0.3 is 13.7 Å². The van der Waals surface area contributed by atoms with Gasteiger partial charge >= 0.3 is 0 Å². The highest BCUT2D eigenvalue weighted by Crippen LogP contribution is 2.38. The molecule has 1 aliphatic carbocycles. The Kier molecular flexibility index (Phi) is 5.48. The van der Waals surface area contributed by atoms with Gasteiger partial charge in [-0.15, -0.1) is 0 Å². The van der Waals surface area contributed by atoms with Gasteiger partial charge in [-0.1, -0.05) is 46.9 Å². The summed E-state index contributed by atoms with van der Waals surface area (Å²) in [6.07, 6.45) is 4.47. The number of benzene rings is 1. The number of hydrogen-bond acceptors (Lipinski definition) is 6. The summed E-state index contributed by atoms with van der Waals surface area (Å²) in [5.41, 5.74) is 2.51. The number of ketones is 1. The molecule has 4 aromatic rings. The number of hydrogen-bond donors (Lipinski definition) is 0. The molecular formula is C23H19Cl3N4O3. The molecule has 2 atom stereocenters. The van der Waals surface area contributed by atoms with Crippen molar-refractivity contribution in [2.24, 2.45) is 5.89 Å². The molecule has 1 saturated carbocycles. The zero-order chi connectivity index (χ0) is 24.2. The quantitative estimate of drug-likeness (QED) is 0.316. The summed E-state index contributed by atoms with van der Waals surface area (Å²) >= 11 is 19.3. The lowest BCUT2D eigenvalue weighted by atomic mass is 9.87. The molecule has 7 nitrogen and oxygen atoms in total. The molecule has 170 valence electrons. The number of imidazole rings is 1. The van der Waals surface area contributed by atoms with E-state index in [9.17, 15) is 4.79 Å². The first-order valence-electron chi connectivity index (χ1n) is 10.8. The maximum absolute atomic E-state index is 11.9. The second kappa shape index (κ2) is 8.63. The molecule has 10 heteroatoms. The number of fused-ring (bicyclic) bond motifs is 1. The number of halogens is 3. The predicted octanol–water partition coefficient (Wildman–Crippen LogP) is 6.46. The minimum atomic E-state index is -1.17. The van der Waals surface area contributed by atoms with Crippen LogP contribution in [0, 0.1) is 12.8 Å². The van der Waals surface area contributed by atoms with Crippen molar-refractivity contribution in [3.05, 3.63) is 51.2 Å². The second-order valence-corrected chi connectivity index (χ2v) is 9.32. The number of aromatic nitrogens is 4. The van der Waals surface area contributed by atoms with Crippen LogP contribution < -0.4 is 4.74 Å². The van der Waals surface area contributed by atoms with Crippen molar-refractivity contribution in [2.45, 2.75) is 39.2 Å². The number of aryl methyl sites for hydroxylation is 1. The average Bonchev–Trinajstić information content (AvgIpc) is 3.40. The van der Waals surface area contributed by atoms with Gasteiger partial charge in [0.15, 0.2) is 5.65 Å². The Balaban J connectivity index is 1.41. The normalized spacial score (nSPS) is 21.4. The van der Waals surface area contributed by atoms with Gasteiger partial charge in [0.25, 0.3) is 5.89 Å². The van der Waals surface area contributed by atoms with Crippen LogP contribution in [0.5, 0.6) is 5.75 Å². The molecule has 0 amide bonds. The van der Waals surface area contributed by atoms with E-state index in [1.807, 2.05) is 19.2 Å². The molecule has 3 aromatic heterocycles. The summed E-state index contributed by atoms with van der Waals surface area (Å²) in [6.45, 7) is 3.54. The smallest absolute Gasteiger partial charge is 0.278 e. The Morgan fingerprint density at radius 3 is 2.76 bits per heavy atom. The number of pyridine rings is 1. The first kappa shape index (κ1) is 21.0. The Morgan fingerprint density at radius 2 is 1.97 bits per heavy atom. The Hall–Kier alpha value is -2.61. The third-order valence-electron chi connectivity index (χ3n) is 5.55. The van der Waals surface area contributed by atoms with E-state index in [0.717, 1.165) is 5.56 Å². The summed E-state index contributed by atoms with van der Waals surface area (Å²) in [5.74, 6) is -0.417. The molecule has 1 aromatic carbocycles. The lowest BCUT2D eigenvalue weighted by Gasteiger charge is -2.27. The van der Waals surface area contributed by atoms with Crippen LogP contribution in [0.15, 0.2) is 35.1 Å². The summed E-state index contributed by atoms with van der Waals surface area (Å²) in [6, 6.07) is 5.01. The zero-order valence-corrected chi connectivity index (χ0v) is 20.0. The number of ether oxygens (including phenoxy) is 1. The number of carbonyl (C=O) groups is 1. The SMILES string of the molecule is [2H]C1(C)C[C@H](Oc2cc(Cl)c(-c3noc(-c4cn5cc(C)cc(Cl)c5n4)n3)cc2Cl)CCC1=O. The fourth-order valence-electron chi connectivity index (χ4n) is 3.86. The first-order valence-corrected chi connectivity index (χ1v) is 11.4. The Bertz CT molecular complexity index is 1430. The predicted molar refractivity (Wildman–Crippen MR) is 126 cm³/mol. The van der Waals surface area contributed by atoms with Crippen LogP contribution in [0.3, 0.4) is 0 Å². The molecular weight excluding hydrogens is 487 g/mol. The Labute approximate surface area is 206 Å². The monoisotopic (exact) mass is 505 g/mol. The zero-order valence-electron chi connectivity index (χ0n) is 18.7. The third-order valence-corrected chi connectivity index (χ3v) is 6.43. The van der Waals surface area contributed by atoms with Crippen molar-refractivity contribution in [3.8, 4) is 28.7 Å². The van der Waals surface area contributed by atoms with Crippen molar-refractivity contribution in [1.82, 2.24) is 19.5 Å². The summed E-state index contributed by atoms with van der Waals surface area (Å²) in [4.78, 5) is 20.8. The minimum Gasteiger partial charge on any atom is -0.489 e. The van der Waals surface area contributed by atoms with Crippen molar-refractivity contribution in [1.29, 1.82) is 0 Å². The molecule has 1 fully saturated rings. The highest BCUT2D eigenvalue weighted by atomic mass is 35.5. The van der Waals surface area contributed by atoms with Crippen LogP contribution in [-0.2, 0) is 4.79 Å². The first-order chi connectivity index (χ1) is 16.1. The highest BCUT2D eigenvalue weighted by Gasteiger charge is 2.27. The Morgan fingerprint density at radius 1 is 1.15 bits per heavy atom. The van der Waals surface area contributed by atoms with Crippen molar-refractivity contribution >= 4 is 46.2 Å². The van der Waals surface area contributed by atoms with Gasteiger partial charge in [0.05, 0.1) is 21.2 Å². The van der Waals surface area contributed by atoms with E-state index in [1.54, 1.807) is 29.7 Å². The molecule has 0 bridgehead atoms. The van der Waals surface area contributed by atoms with Gasteiger partial charge in [-0.2, -0.15) is 4.98 Å². The van der Waals surface area contributed by atoms with Crippen LogP contribution >= 0.6 is 34.8 Å². The lowest BCUT2D eigenvalue weighted by molar-refractivity contribution is -0.125. The number of rotatable bonds is 4. The molecule has 0 N–H and O–H groups in total. The minimum absolute atomic E-state index is 0.0808.